The van der Waals surface area contributed by atoms with Gasteiger partial charge in [-0.3, -0.25) is 19.2 Å². The number of rotatable bonds is 5. The maximum atomic E-state index is 12.6. The lowest BCUT2D eigenvalue weighted by Crippen LogP contribution is -2.43. The number of halogens is 1. The Morgan fingerprint density at radius 2 is 2.13 bits per heavy atom. The summed E-state index contributed by atoms with van der Waals surface area (Å²) < 4.78 is 6.87. The number of nitrogens with one attached hydrogen (secondary N) is 1. The van der Waals surface area contributed by atoms with Crippen molar-refractivity contribution in [2.45, 2.75) is 39.7 Å². The quantitative estimate of drug-likeness (QED) is 0.711. The second kappa shape index (κ2) is 8.59. The summed E-state index contributed by atoms with van der Waals surface area (Å²) in [5.41, 5.74) is 3.10. The van der Waals surface area contributed by atoms with Crippen LogP contribution in [0.1, 0.15) is 32.4 Å². The summed E-state index contributed by atoms with van der Waals surface area (Å²) in [6.45, 7) is 6.81. The van der Waals surface area contributed by atoms with E-state index in [-0.39, 0.29) is 29.8 Å². The van der Waals surface area contributed by atoms with Crippen LogP contribution < -0.4 is 5.32 Å². The minimum absolute atomic E-state index is 0.158. The fourth-order valence-electron chi connectivity index (χ4n) is 4.53. The molecule has 2 aliphatic heterocycles. The van der Waals surface area contributed by atoms with Crippen LogP contribution >= 0.6 is 11.6 Å². The van der Waals surface area contributed by atoms with Gasteiger partial charge in [0.25, 0.3) is 0 Å². The van der Waals surface area contributed by atoms with Crippen LogP contribution in [0, 0.1) is 11.3 Å². The molecule has 2 aliphatic rings. The summed E-state index contributed by atoms with van der Waals surface area (Å²) in [6.07, 6.45) is 5.96. The van der Waals surface area contributed by atoms with Gasteiger partial charge in [0, 0.05) is 36.1 Å². The molecule has 0 saturated carbocycles. The van der Waals surface area contributed by atoms with Gasteiger partial charge in [-0.25, -0.2) is 4.98 Å². The van der Waals surface area contributed by atoms with Crippen LogP contribution in [-0.2, 0) is 27.3 Å². The molecule has 1 atom stereocenters. The first-order valence-corrected chi connectivity index (χ1v) is 10.9. The van der Waals surface area contributed by atoms with Gasteiger partial charge in [-0.2, -0.15) is 5.10 Å². The van der Waals surface area contributed by atoms with E-state index in [1.54, 1.807) is 12.3 Å². The van der Waals surface area contributed by atoms with Crippen molar-refractivity contribution in [3.63, 3.8) is 0 Å². The number of ether oxygens (including phenoxy) is 1. The van der Waals surface area contributed by atoms with E-state index in [4.69, 9.17) is 16.3 Å². The van der Waals surface area contributed by atoms with Crippen LogP contribution in [0.4, 0.5) is 5.82 Å². The second-order valence-electron chi connectivity index (χ2n) is 9.20. The number of piperidine rings is 1. The fourth-order valence-corrected chi connectivity index (χ4v) is 4.74. The third-order valence-electron chi connectivity index (χ3n) is 5.99. The van der Waals surface area contributed by atoms with Crippen molar-refractivity contribution in [2.75, 3.05) is 32.1 Å². The van der Waals surface area contributed by atoms with Gasteiger partial charge in [-0.1, -0.05) is 25.4 Å². The van der Waals surface area contributed by atoms with Crippen molar-refractivity contribution in [1.29, 1.82) is 0 Å². The first-order valence-electron chi connectivity index (χ1n) is 10.6. The molecule has 1 unspecified atom stereocenters. The molecular formula is C22H28ClN5O3. The maximum absolute atomic E-state index is 12.6. The number of pyridine rings is 1. The van der Waals surface area contributed by atoms with E-state index in [0.717, 1.165) is 49.2 Å². The van der Waals surface area contributed by atoms with Gasteiger partial charge in [0.1, 0.15) is 5.82 Å². The largest absolute Gasteiger partial charge is 0.469 e. The number of methoxy groups -OCH3 is 1. The zero-order valence-electron chi connectivity index (χ0n) is 18.2. The molecule has 0 spiro atoms. The standard InChI is InChI=1S/C22H28ClN5O3/c1-22(2)8-18-16(9-25-28(18)13-22)15-7-19(24-10-17(15)23)26-20(29)12-27-6-4-5-14(11-27)21(30)31-3/h7,9-10,14H,4-6,8,11-13H2,1-3H3,(H,24,26,29). The molecule has 9 heteroatoms. The molecule has 0 bridgehead atoms. The smallest absolute Gasteiger partial charge is 0.309 e. The summed E-state index contributed by atoms with van der Waals surface area (Å²) in [7, 11) is 1.40. The van der Waals surface area contributed by atoms with Crippen LogP contribution in [0.25, 0.3) is 11.1 Å². The lowest BCUT2D eigenvalue weighted by Gasteiger charge is -2.30. The number of amides is 1. The number of carbonyl (C=O) groups excluding carboxylic acids is 2. The average molecular weight is 446 g/mol. The van der Waals surface area contributed by atoms with E-state index < -0.39 is 0 Å². The lowest BCUT2D eigenvalue weighted by atomic mass is 9.89. The van der Waals surface area contributed by atoms with Crippen LogP contribution in [0.5, 0.6) is 0 Å². The topological polar surface area (TPSA) is 89.4 Å². The minimum Gasteiger partial charge on any atom is -0.469 e. The normalized spacial score (nSPS) is 20.3. The molecule has 0 aromatic carbocycles. The fraction of sp³-hybridized carbons (Fsp3) is 0.545. The molecule has 2 aromatic rings. The maximum Gasteiger partial charge on any atom is 0.309 e. The first kappa shape index (κ1) is 21.8. The molecule has 0 radical (unpaired) electrons. The Balaban J connectivity index is 1.45. The number of nitrogens with zero attached hydrogens (tertiary/aromatic N) is 4. The highest BCUT2D eigenvalue weighted by molar-refractivity contribution is 6.33. The predicted molar refractivity (Wildman–Crippen MR) is 118 cm³/mol. The van der Waals surface area contributed by atoms with Crippen molar-refractivity contribution in [2.24, 2.45) is 11.3 Å². The average Bonchev–Trinajstić information content (AvgIpc) is 3.24. The van der Waals surface area contributed by atoms with Crippen molar-refractivity contribution >= 4 is 29.3 Å². The Morgan fingerprint density at radius 3 is 2.90 bits per heavy atom. The van der Waals surface area contributed by atoms with Crippen LogP contribution in [-0.4, -0.2) is 58.3 Å². The Labute approximate surface area is 186 Å². The summed E-state index contributed by atoms with van der Waals surface area (Å²) in [5.74, 6) is -0.123. The third kappa shape index (κ3) is 4.75. The molecule has 1 amide bonds. The van der Waals surface area contributed by atoms with Gasteiger partial charge < -0.3 is 10.1 Å². The monoisotopic (exact) mass is 445 g/mol. The number of hydrogen-bond donors (Lipinski definition) is 1. The minimum atomic E-state index is -0.217. The Morgan fingerprint density at radius 1 is 1.32 bits per heavy atom. The number of aromatic nitrogens is 3. The number of esters is 1. The van der Waals surface area contributed by atoms with Gasteiger partial charge in [0.2, 0.25) is 5.91 Å². The predicted octanol–water partition coefficient (Wildman–Crippen LogP) is 3.00. The molecule has 0 aliphatic carbocycles. The van der Waals surface area contributed by atoms with Crippen molar-refractivity contribution in [3.8, 4) is 11.1 Å². The van der Waals surface area contributed by atoms with Gasteiger partial charge in [0.05, 0.1) is 30.8 Å². The molecule has 31 heavy (non-hydrogen) atoms. The van der Waals surface area contributed by atoms with E-state index >= 15 is 0 Å². The third-order valence-corrected chi connectivity index (χ3v) is 6.29. The molecule has 1 N–H and O–H groups in total. The van der Waals surface area contributed by atoms with Gasteiger partial charge in [0.15, 0.2) is 0 Å². The summed E-state index contributed by atoms with van der Waals surface area (Å²) >= 11 is 6.45. The number of anilines is 1. The molecule has 166 valence electrons. The Kier molecular flexibility index (Phi) is 6.03. The van der Waals surface area contributed by atoms with E-state index in [1.165, 1.54) is 7.11 Å². The van der Waals surface area contributed by atoms with Crippen molar-refractivity contribution in [1.82, 2.24) is 19.7 Å². The molecule has 8 nitrogen and oxygen atoms in total. The lowest BCUT2D eigenvalue weighted by molar-refractivity contribution is -0.147. The van der Waals surface area contributed by atoms with Crippen LogP contribution in [0.2, 0.25) is 5.02 Å². The van der Waals surface area contributed by atoms with E-state index in [1.807, 2.05) is 15.8 Å². The molecular weight excluding hydrogens is 418 g/mol. The zero-order valence-corrected chi connectivity index (χ0v) is 18.9. The Hall–Kier alpha value is -2.45. The van der Waals surface area contributed by atoms with E-state index in [2.05, 4.69) is 29.2 Å². The highest BCUT2D eigenvalue weighted by Gasteiger charge is 2.32. The van der Waals surface area contributed by atoms with Crippen LogP contribution in [0.3, 0.4) is 0 Å². The van der Waals surface area contributed by atoms with Gasteiger partial charge >= 0.3 is 5.97 Å². The van der Waals surface area contributed by atoms with E-state index in [9.17, 15) is 9.59 Å². The molecule has 4 heterocycles. The van der Waals surface area contributed by atoms with Crippen molar-refractivity contribution in [3.05, 3.63) is 29.2 Å². The summed E-state index contributed by atoms with van der Waals surface area (Å²) in [5, 5.41) is 7.90. The van der Waals surface area contributed by atoms with Crippen molar-refractivity contribution < 1.29 is 14.3 Å². The number of likely N-dealkylation sites (tertiary alicyclic amines) is 1. The Bertz CT molecular complexity index is 1000. The second-order valence-corrected chi connectivity index (χ2v) is 9.61. The zero-order chi connectivity index (χ0) is 22.2. The highest BCUT2D eigenvalue weighted by atomic mass is 35.5. The SMILES string of the molecule is COC(=O)C1CCCN(CC(=O)Nc2cc(-c3cnn4c3CC(C)(C)C4)c(Cl)cn2)C1. The first-order chi connectivity index (χ1) is 14.8. The molecule has 2 aromatic heterocycles. The van der Waals surface area contributed by atoms with Gasteiger partial charge in [-0.05, 0) is 37.3 Å². The molecule has 1 saturated heterocycles. The van der Waals surface area contributed by atoms with E-state index in [0.29, 0.717) is 17.4 Å². The number of carbonyl (C=O) groups is 2. The van der Waals surface area contributed by atoms with Crippen LogP contribution in [0.15, 0.2) is 18.5 Å². The highest BCUT2D eigenvalue weighted by Crippen LogP contribution is 2.39. The molecule has 4 rings (SSSR count). The summed E-state index contributed by atoms with van der Waals surface area (Å²) in [6, 6.07) is 1.80. The number of hydrogen-bond acceptors (Lipinski definition) is 6. The molecule has 1 fully saturated rings. The summed E-state index contributed by atoms with van der Waals surface area (Å²) in [4.78, 5) is 30.7. The van der Waals surface area contributed by atoms with Gasteiger partial charge in [-0.15, -0.1) is 0 Å². The number of fused-ring (bicyclic) bond motifs is 1.